The quantitative estimate of drug-likeness (QED) is 0.364. The minimum absolute atomic E-state index is 0.0405. The van der Waals surface area contributed by atoms with Crippen LogP contribution in [0.25, 0.3) is 11.4 Å². The van der Waals surface area contributed by atoms with E-state index in [4.69, 9.17) is 15.3 Å². The lowest BCUT2D eigenvalue weighted by Gasteiger charge is -2.21. The number of ether oxygens (including phenoxy) is 2. The van der Waals surface area contributed by atoms with Crippen molar-refractivity contribution in [3.05, 3.63) is 24.3 Å². The highest BCUT2D eigenvalue weighted by atomic mass is 32.2. The molecule has 1 aromatic heterocycles. The third kappa shape index (κ3) is 5.16. The second-order valence-electron chi connectivity index (χ2n) is 6.15. The standard InChI is InChI=1S/C18H25N5O4S/c1-5-11(2)15(17(25)27-4)20-14(24)10-28-18-22-21-16(23(18)19)12-6-8-13(26-3)9-7-12/h6-9,11,15H,5,10,19H2,1-4H3,(H,20,24)/t11-,15+/m1/s1. The molecule has 28 heavy (non-hydrogen) atoms. The molecule has 1 amide bonds. The summed E-state index contributed by atoms with van der Waals surface area (Å²) in [4.78, 5) is 24.2. The molecule has 152 valence electrons. The van der Waals surface area contributed by atoms with E-state index in [-0.39, 0.29) is 17.6 Å². The Morgan fingerprint density at radius 3 is 2.50 bits per heavy atom. The number of aromatic nitrogens is 3. The maximum Gasteiger partial charge on any atom is 0.328 e. The summed E-state index contributed by atoms with van der Waals surface area (Å²) in [5.74, 6) is 6.49. The average molecular weight is 407 g/mol. The second-order valence-corrected chi connectivity index (χ2v) is 7.09. The molecule has 2 aromatic rings. The van der Waals surface area contributed by atoms with Gasteiger partial charge in [-0.3, -0.25) is 4.79 Å². The zero-order valence-electron chi connectivity index (χ0n) is 16.3. The van der Waals surface area contributed by atoms with E-state index in [0.29, 0.717) is 11.0 Å². The number of carbonyl (C=O) groups excluding carboxylic acids is 2. The van der Waals surface area contributed by atoms with Crippen molar-refractivity contribution < 1.29 is 19.1 Å². The number of thioether (sulfide) groups is 1. The van der Waals surface area contributed by atoms with Crippen LogP contribution < -0.4 is 15.9 Å². The van der Waals surface area contributed by atoms with Crippen molar-refractivity contribution in [2.24, 2.45) is 5.92 Å². The molecule has 0 radical (unpaired) electrons. The first-order valence-electron chi connectivity index (χ1n) is 8.76. The molecule has 1 aromatic carbocycles. The molecule has 0 bridgehead atoms. The highest BCUT2D eigenvalue weighted by molar-refractivity contribution is 7.99. The minimum Gasteiger partial charge on any atom is -0.497 e. The molecule has 1 heterocycles. The van der Waals surface area contributed by atoms with Crippen LogP contribution in [0.1, 0.15) is 20.3 Å². The van der Waals surface area contributed by atoms with Crippen molar-refractivity contribution in [2.45, 2.75) is 31.5 Å². The van der Waals surface area contributed by atoms with Crippen LogP contribution in [0, 0.1) is 5.92 Å². The van der Waals surface area contributed by atoms with Crippen molar-refractivity contribution >= 4 is 23.6 Å². The summed E-state index contributed by atoms with van der Waals surface area (Å²) in [5, 5.41) is 11.2. The van der Waals surface area contributed by atoms with Crippen LogP contribution in [0.5, 0.6) is 5.75 Å². The Bertz CT molecular complexity index is 809. The lowest BCUT2D eigenvalue weighted by atomic mass is 9.99. The van der Waals surface area contributed by atoms with E-state index >= 15 is 0 Å². The molecule has 2 atom stereocenters. The van der Waals surface area contributed by atoms with Crippen LogP contribution in [0.15, 0.2) is 29.4 Å². The van der Waals surface area contributed by atoms with Crippen LogP contribution in [-0.4, -0.2) is 52.8 Å². The summed E-state index contributed by atoms with van der Waals surface area (Å²) in [6.45, 7) is 3.83. The lowest BCUT2D eigenvalue weighted by molar-refractivity contribution is -0.146. The molecule has 0 unspecified atom stereocenters. The minimum atomic E-state index is -0.686. The van der Waals surface area contributed by atoms with Crippen LogP contribution in [0.4, 0.5) is 0 Å². The van der Waals surface area contributed by atoms with Gasteiger partial charge in [-0.1, -0.05) is 32.0 Å². The van der Waals surface area contributed by atoms with Gasteiger partial charge in [0, 0.05) is 5.56 Å². The zero-order valence-corrected chi connectivity index (χ0v) is 17.2. The topological polar surface area (TPSA) is 121 Å². The second kappa shape index (κ2) is 9.98. The Balaban J connectivity index is 2.01. The monoisotopic (exact) mass is 407 g/mol. The SMILES string of the molecule is CC[C@@H](C)[C@H](NC(=O)CSc1nnc(-c2ccc(OC)cc2)n1N)C(=O)OC. The van der Waals surface area contributed by atoms with E-state index in [1.807, 2.05) is 26.0 Å². The van der Waals surface area contributed by atoms with Crippen molar-refractivity contribution in [1.29, 1.82) is 0 Å². The fraction of sp³-hybridized carbons (Fsp3) is 0.444. The molecule has 9 nitrogen and oxygen atoms in total. The maximum atomic E-state index is 12.3. The largest absolute Gasteiger partial charge is 0.497 e. The Labute approximate surface area is 167 Å². The Hall–Kier alpha value is -2.75. The van der Waals surface area contributed by atoms with Gasteiger partial charge in [0.1, 0.15) is 11.8 Å². The number of nitrogens with zero attached hydrogens (tertiary/aromatic N) is 3. The summed E-state index contributed by atoms with van der Waals surface area (Å²) in [6, 6.07) is 6.55. The highest BCUT2D eigenvalue weighted by Crippen LogP contribution is 2.23. The van der Waals surface area contributed by atoms with Gasteiger partial charge in [0.2, 0.25) is 11.1 Å². The number of methoxy groups -OCH3 is 2. The molecule has 10 heteroatoms. The molecular weight excluding hydrogens is 382 g/mol. The molecule has 0 fully saturated rings. The highest BCUT2D eigenvalue weighted by Gasteiger charge is 2.26. The molecule has 2 rings (SSSR count). The van der Waals surface area contributed by atoms with Gasteiger partial charge in [0.15, 0.2) is 5.82 Å². The number of carbonyl (C=O) groups is 2. The van der Waals surface area contributed by atoms with Gasteiger partial charge in [-0.15, -0.1) is 10.2 Å². The Morgan fingerprint density at radius 1 is 1.25 bits per heavy atom. The lowest BCUT2D eigenvalue weighted by Crippen LogP contribution is -2.46. The fourth-order valence-electron chi connectivity index (χ4n) is 2.45. The molecule has 0 aliphatic rings. The van der Waals surface area contributed by atoms with Gasteiger partial charge < -0.3 is 20.6 Å². The first-order valence-corrected chi connectivity index (χ1v) is 9.74. The molecule has 0 saturated heterocycles. The van der Waals surface area contributed by atoms with Gasteiger partial charge in [-0.05, 0) is 30.2 Å². The number of benzene rings is 1. The van der Waals surface area contributed by atoms with E-state index in [9.17, 15) is 9.59 Å². The predicted octanol–water partition coefficient (Wildman–Crippen LogP) is 1.46. The number of esters is 1. The van der Waals surface area contributed by atoms with E-state index in [1.165, 1.54) is 11.8 Å². The fourth-order valence-corrected chi connectivity index (χ4v) is 3.12. The van der Waals surface area contributed by atoms with Crippen molar-refractivity contribution in [1.82, 2.24) is 20.2 Å². The zero-order chi connectivity index (χ0) is 20.7. The smallest absolute Gasteiger partial charge is 0.328 e. The van der Waals surface area contributed by atoms with Crippen LogP contribution in [0.3, 0.4) is 0 Å². The third-order valence-corrected chi connectivity index (χ3v) is 5.27. The van der Waals surface area contributed by atoms with Crippen molar-refractivity contribution in [3.63, 3.8) is 0 Å². The van der Waals surface area contributed by atoms with E-state index < -0.39 is 12.0 Å². The molecular formula is C18H25N5O4S. The first-order chi connectivity index (χ1) is 13.4. The number of rotatable bonds is 9. The summed E-state index contributed by atoms with van der Waals surface area (Å²) in [6.07, 6.45) is 0.732. The van der Waals surface area contributed by atoms with Crippen LogP contribution in [0.2, 0.25) is 0 Å². The number of nitrogen functional groups attached to an aromatic ring is 1. The molecule has 0 aliphatic carbocycles. The number of nitrogens with two attached hydrogens (primary N) is 1. The van der Waals surface area contributed by atoms with Gasteiger partial charge in [0.25, 0.3) is 0 Å². The van der Waals surface area contributed by atoms with Crippen molar-refractivity contribution in [2.75, 3.05) is 25.8 Å². The molecule has 0 aliphatic heterocycles. The van der Waals surface area contributed by atoms with Crippen LogP contribution >= 0.6 is 11.8 Å². The maximum absolute atomic E-state index is 12.3. The summed E-state index contributed by atoms with van der Waals surface area (Å²) < 4.78 is 11.2. The van der Waals surface area contributed by atoms with Gasteiger partial charge in [-0.25, -0.2) is 9.47 Å². The summed E-state index contributed by atoms with van der Waals surface area (Å²) in [5.41, 5.74) is 0.773. The normalized spacial score (nSPS) is 12.9. The van der Waals surface area contributed by atoms with E-state index in [1.54, 1.807) is 19.2 Å². The summed E-state index contributed by atoms with van der Waals surface area (Å²) in [7, 11) is 2.89. The van der Waals surface area contributed by atoms with Crippen LogP contribution in [-0.2, 0) is 14.3 Å². The molecule has 0 saturated carbocycles. The Kier molecular flexibility index (Phi) is 7.68. The third-order valence-electron chi connectivity index (χ3n) is 4.33. The number of amides is 1. The molecule has 0 spiro atoms. The van der Waals surface area contributed by atoms with Gasteiger partial charge in [-0.2, -0.15) is 0 Å². The van der Waals surface area contributed by atoms with E-state index in [2.05, 4.69) is 15.5 Å². The van der Waals surface area contributed by atoms with Gasteiger partial charge >= 0.3 is 5.97 Å². The van der Waals surface area contributed by atoms with Gasteiger partial charge in [0.05, 0.1) is 20.0 Å². The van der Waals surface area contributed by atoms with E-state index in [0.717, 1.165) is 29.5 Å². The Morgan fingerprint density at radius 2 is 1.93 bits per heavy atom. The predicted molar refractivity (Wildman–Crippen MR) is 106 cm³/mol. The van der Waals surface area contributed by atoms with Crippen molar-refractivity contribution in [3.8, 4) is 17.1 Å². The number of nitrogens with one attached hydrogen (secondary N) is 1. The number of hydrogen-bond donors (Lipinski definition) is 2. The molecule has 3 N–H and O–H groups in total. The first kappa shape index (κ1) is 21.5. The average Bonchev–Trinajstić information content (AvgIpc) is 3.09. The number of hydrogen-bond acceptors (Lipinski definition) is 8. The summed E-state index contributed by atoms with van der Waals surface area (Å²) >= 11 is 1.13.